The molecule has 16 heavy (non-hydrogen) atoms. The van der Waals surface area contributed by atoms with Crippen LogP contribution in [0.5, 0.6) is 5.75 Å². The van der Waals surface area contributed by atoms with Crippen molar-refractivity contribution < 1.29 is 14.3 Å². The average molecular weight is 285 g/mol. The van der Waals surface area contributed by atoms with Crippen LogP contribution in [0, 0.1) is 0 Å². The van der Waals surface area contributed by atoms with Gasteiger partial charge < -0.3 is 9.47 Å². The summed E-state index contributed by atoms with van der Waals surface area (Å²) >= 11 is 3.20. The molecule has 4 heteroatoms. The first-order chi connectivity index (χ1) is 7.69. The van der Waals surface area contributed by atoms with Gasteiger partial charge in [-0.1, -0.05) is 34.1 Å². The Hall–Kier alpha value is -1.29. The molecule has 0 radical (unpaired) electrons. The van der Waals surface area contributed by atoms with E-state index in [1.165, 1.54) is 7.11 Å². The van der Waals surface area contributed by atoms with Gasteiger partial charge in [-0.05, 0) is 24.1 Å². The van der Waals surface area contributed by atoms with Crippen LogP contribution >= 0.6 is 15.9 Å². The van der Waals surface area contributed by atoms with E-state index >= 15 is 0 Å². The third-order valence-electron chi connectivity index (χ3n) is 2.00. The second-order valence-corrected chi connectivity index (χ2v) is 3.64. The molecule has 0 saturated heterocycles. The van der Waals surface area contributed by atoms with Crippen molar-refractivity contribution in [2.75, 3.05) is 7.11 Å². The van der Waals surface area contributed by atoms with Crippen LogP contribution in [0.1, 0.15) is 12.5 Å². The Labute approximate surface area is 103 Å². The zero-order valence-corrected chi connectivity index (χ0v) is 10.7. The molecule has 1 rings (SSSR count). The maximum absolute atomic E-state index is 11.2. The summed E-state index contributed by atoms with van der Waals surface area (Å²) in [4.78, 5) is 12.9. The number of hydrogen-bond donors (Lipinski definition) is 0. The number of carbonyl (C=O) groups excluding carboxylic acids is 1. The molecule has 0 amide bonds. The molecule has 3 nitrogen and oxygen atoms in total. The van der Waals surface area contributed by atoms with Gasteiger partial charge in [0.2, 0.25) is 0 Å². The minimum Gasteiger partial charge on any atom is -0.478 e. The predicted octanol–water partition coefficient (Wildman–Crippen LogP) is 2.99. The van der Waals surface area contributed by atoms with Crippen LogP contribution in [-0.2, 0) is 9.53 Å². The molecule has 0 spiro atoms. The number of hydrogen-bond acceptors (Lipinski definition) is 3. The number of methoxy groups -OCH3 is 1. The Morgan fingerprint density at radius 2 is 2.12 bits per heavy atom. The lowest BCUT2D eigenvalue weighted by Crippen LogP contribution is -2.25. The maximum atomic E-state index is 11.2. The Morgan fingerprint density at radius 1 is 1.44 bits per heavy atom. The van der Waals surface area contributed by atoms with E-state index in [4.69, 9.17) is 4.74 Å². The molecule has 1 atom stereocenters. The zero-order chi connectivity index (χ0) is 12.0. The highest BCUT2D eigenvalue weighted by atomic mass is 79.9. The topological polar surface area (TPSA) is 35.5 Å². The smallest absolute Gasteiger partial charge is 0.346 e. The molecule has 0 bridgehead atoms. The molecule has 0 N–H and O–H groups in total. The van der Waals surface area contributed by atoms with Gasteiger partial charge in [0.15, 0.2) is 6.10 Å². The van der Waals surface area contributed by atoms with Crippen molar-refractivity contribution in [1.82, 2.24) is 0 Å². The van der Waals surface area contributed by atoms with E-state index < -0.39 is 12.1 Å². The van der Waals surface area contributed by atoms with E-state index in [1.54, 1.807) is 11.9 Å². The van der Waals surface area contributed by atoms with Crippen LogP contribution in [0.15, 0.2) is 29.3 Å². The number of para-hydroxylation sites is 1. The van der Waals surface area contributed by atoms with Gasteiger partial charge in [-0.15, -0.1) is 0 Å². The summed E-state index contributed by atoms with van der Waals surface area (Å²) in [5.41, 5.74) is 0.898. The normalized spacial score (nSPS) is 12.4. The molecule has 1 aromatic carbocycles. The molecule has 0 aliphatic carbocycles. The first-order valence-electron chi connectivity index (χ1n) is 4.79. The molecule has 1 unspecified atom stereocenters. The molecule has 1 aromatic rings. The Morgan fingerprint density at radius 3 is 2.75 bits per heavy atom. The molecule has 0 aliphatic rings. The number of halogens is 1. The third-order valence-corrected chi connectivity index (χ3v) is 2.26. The van der Waals surface area contributed by atoms with Crippen molar-refractivity contribution in [3.05, 3.63) is 34.8 Å². The second kappa shape index (κ2) is 6.33. The molecule has 86 valence electrons. The van der Waals surface area contributed by atoms with Crippen molar-refractivity contribution in [2.24, 2.45) is 0 Å². The number of rotatable bonds is 4. The standard InChI is InChI=1S/C12H13BrO3/c1-9(12(14)15-2)16-11-6-4-3-5-10(11)7-8-13/h3-9H,1-2H3/b8-7+. The van der Waals surface area contributed by atoms with Crippen LogP contribution in [0.4, 0.5) is 0 Å². The monoisotopic (exact) mass is 284 g/mol. The van der Waals surface area contributed by atoms with E-state index in [0.717, 1.165) is 5.56 Å². The van der Waals surface area contributed by atoms with E-state index in [1.807, 2.05) is 30.3 Å². The second-order valence-electron chi connectivity index (χ2n) is 3.11. The minimum atomic E-state index is -0.616. The van der Waals surface area contributed by atoms with Gasteiger partial charge in [-0.25, -0.2) is 4.79 Å². The van der Waals surface area contributed by atoms with Crippen molar-refractivity contribution in [1.29, 1.82) is 0 Å². The summed E-state index contributed by atoms with van der Waals surface area (Å²) in [7, 11) is 1.34. The van der Waals surface area contributed by atoms with Crippen LogP contribution < -0.4 is 4.74 Å². The molecule has 0 saturated carbocycles. The first-order valence-corrected chi connectivity index (χ1v) is 5.71. The van der Waals surface area contributed by atoms with Gasteiger partial charge in [0.05, 0.1) is 7.11 Å². The lowest BCUT2D eigenvalue weighted by atomic mass is 10.2. The van der Waals surface area contributed by atoms with Crippen molar-refractivity contribution in [3.8, 4) is 5.75 Å². The highest BCUT2D eigenvalue weighted by Crippen LogP contribution is 2.21. The molecular weight excluding hydrogens is 272 g/mol. The van der Waals surface area contributed by atoms with Crippen molar-refractivity contribution in [3.63, 3.8) is 0 Å². The fourth-order valence-electron chi connectivity index (χ4n) is 1.20. The number of carbonyl (C=O) groups is 1. The Balaban J connectivity index is 2.84. The number of ether oxygens (including phenoxy) is 2. The molecular formula is C12H13BrO3. The van der Waals surface area contributed by atoms with Gasteiger partial charge in [0, 0.05) is 5.56 Å². The van der Waals surface area contributed by atoms with Gasteiger partial charge >= 0.3 is 5.97 Å². The summed E-state index contributed by atoms with van der Waals surface area (Å²) in [5.74, 6) is 0.258. The van der Waals surface area contributed by atoms with E-state index in [-0.39, 0.29) is 0 Å². The van der Waals surface area contributed by atoms with Crippen molar-refractivity contribution >= 4 is 28.0 Å². The van der Waals surface area contributed by atoms with Gasteiger partial charge in [-0.2, -0.15) is 0 Å². The van der Waals surface area contributed by atoms with E-state index in [9.17, 15) is 4.79 Å². The fourth-order valence-corrected chi connectivity index (χ4v) is 1.48. The predicted molar refractivity (Wildman–Crippen MR) is 66.5 cm³/mol. The average Bonchev–Trinajstić information content (AvgIpc) is 2.31. The van der Waals surface area contributed by atoms with Gasteiger partial charge in [0.25, 0.3) is 0 Å². The van der Waals surface area contributed by atoms with E-state index in [0.29, 0.717) is 5.75 Å². The Bertz CT molecular complexity index is 388. The fraction of sp³-hybridized carbons (Fsp3) is 0.250. The zero-order valence-electron chi connectivity index (χ0n) is 9.14. The maximum Gasteiger partial charge on any atom is 0.346 e. The Kier molecular flexibility index (Phi) is 5.05. The van der Waals surface area contributed by atoms with Crippen LogP contribution in [-0.4, -0.2) is 19.2 Å². The molecule has 0 fully saturated rings. The summed E-state index contributed by atoms with van der Waals surface area (Å²) in [6.07, 6.45) is 1.23. The van der Waals surface area contributed by atoms with Crippen LogP contribution in [0.2, 0.25) is 0 Å². The van der Waals surface area contributed by atoms with Crippen LogP contribution in [0.3, 0.4) is 0 Å². The summed E-state index contributed by atoms with van der Waals surface area (Å²) < 4.78 is 10.1. The molecule has 0 aromatic heterocycles. The lowest BCUT2D eigenvalue weighted by molar-refractivity contribution is -0.147. The molecule has 0 aliphatic heterocycles. The highest BCUT2D eigenvalue weighted by molar-refractivity contribution is 9.11. The SMILES string of the molecule is COC(=O)C(C)Oc1ccccc1/C=C/Br. The molecule has 0 heterocycles. The minimum absolute atomic E-state index is 0.391. The van der Waals surface area contributed by atoms with Gasteiger partial charge in [0.1, 0.15) is 5.75 Å². The quantitative estimate of drug-likeness (QED) is 0.798. The summed E-state index contributed by atoms with van der Waals surface area (Å²) in [5, 5.41) is 0. The number of esters is 1. The largest absolute Gasteiger partial charge is 0.478 e. The number of benzene rings is 1. The summed E-state index contributed by atoms with van der Waals surface area (Å²) in [6.45, 7) is 1.65. The van der Waals surface area contributed by atoms with Gasteiger partial charge in [-0.3, -0.25) is 0 Å². The summed E-state index contributed by atoms with van der Waals surface area (Å²) in [6, 6.07) is 7.46. The lowest BCUT2D eigenvalue weighted by Gasteiger charge is -2.14. The van der Waals surface area contributed by atoms with Crippen molar-refractivity contribution in [2.45, 2.75) is 13.0 Å². The third kappa shape index (κ3) is 3.38. The van der Waals surface area contributed by atoms with E-state index in [2.05, 4.69) is 20.7 Å². The highest BCUT2D eigenvalue weighted by Gasteiger charge is 2.15. The van der Waals surface area contributed by atoms with Crippen LogP contribution in [0.25, 0.3) is 6.08 Å². The first kappa shape index (κ1) is 12.8.